The number of aliphatic hydroxyl groups excluding tert-OH is 1. The first-order valence-electron chi connectivity index (χ1n) is 6.00. The van der Waals surface area contributed by atoms with Gasteiger partial charge < -0.3 is 9.84 Å². The molecule has 6 heteroatoms. The van der Waals surface area contributed by atoms with Crippen molar-refractivity contribution in [2.75, 3.05) is 0 Å². The predicted octanol–water partition coefficient (Wildman–Crippen LogP) is 2.89. The number of aryl methyl sites for hydroxylation is 2. The third-order valence-corrected chi connectivity index (χ3v) is 2.86. The number of benzene rings is 1. The summed E-state index contributed by atoms with van der Waals surface area (Å²) >= 11 is 0. The molecule has 20 heavy (non-hydrogen) atoms. The van der Waals surface area contributed by atoms with E-state index < -0.39 is 4.92 Å². The van der Waals surface area contributed by atoms with Gasteiger partial charge in [-0.15, -0.1) is 0 Å². The van der Waals surface area contributed by atoms with Crippen LogP contribution in [0.25, 0.3) is 0 Å². The number of nitro benzene ring substituents is 1. The zero-order valence-corrected chi connectivity index (χ0v) is 11.2. The molecule has 0 amide bonds. The quantitative estimate of drug-likeness (QED) is 0.684. The Balaban J connectivity index is 2.34. The summed E-state index contributed by atoms with van der Waals surface area (Å²) in [6, 6.07) is 6.19. The van der Waals surface area contributed by atoms with Gasteiger partial charge in [0.15, 0.2) is 0 Å². The topological polar surface area (TPSA) is 85.5 Å². The van der Waals surface area contributed by atoms with E-state index in [1.54, 1.807) is 26.0 Å². The molecule has 0 unspecified atom stereocenters. The van der Waals surface area contributed by atoms with Crippen LogP contribution < -0.4 is 4.74 Å². The fraction of sp³-hybridized carbons (Fsp3) is 0.214. The van der Waals surface area contributed by atoms with Crippen LogP contribution in [-0.4, -0.2) is 15.0 Å². The molecule has 2 aromatic rings. The van der Waals surface area contributed by atoms with Crippen LogP contribution in [-0.2, 0) is 6.61 Å². The molecule has 0 saturated heterocycles. The van der Waals surface area contributed by atoms with E-state index in [0.29, 0.717) is 17.2 Å². The lowest BCUT2D eigenvalue weighted by Crippen LogP contribution is -1.96. The average molecular weight is 274 g/mol. The second kappa shape index (κ2) is 5.66. The Morgan fingerprint density at radius 3 is 2.65 bits per heavy atom. The molecule has 0 atom stereocenters. The molecule has 1 aromatic carbocycles. The lowest BCUT2D eigenvalue weighted by atomic mass is 10.2. The van der Waals surface area contributed by atoms with Gasteiger partial charge in [-0.05, 0) is 37.1 Å². The molecule has 0 aliphatic carbocycles. The van der Waals surface area contributed by atoms with Crippen molar-refractivity contribution in [1.82, 2.24) is 4.98 Å². The van der Waals surface area contributed by atoms with E-state index in [1.807, 2.05) is 0 Å². The van der Waals surface area contributed by atoms with Crippen molar-refractivity contribution in [3.05, 3.63) is 57.3 Å². The Hall–Kier alpha value is -2.47. The molecule has 0 spiro atoms. The number of non-ortho nitro benzene ring substituents is 1. The van der Waals surface area contributed by atoms with Crippen molar-refractivity contribution < 1.29 is 14.8 Å². The summed E-state index contributed by atoms with van der Waals surface area (Å²) in [5, 5.41) is 19.8. The summed E-state index contributed by atoms with van der Waals surface area (Å²) < 4.78 is 5.63. The molecule has 0 aliphatic heterocycles. The smallest absolute Gasteiger partial charge is 0.273 e. The predicted molar refractivity (Wildman–Crippen MR) is 72.8 cm³/mol. The molecule has 6 nitrogen and oxygen atoms in total. The Bertz CT molecular complexity index is 656. The Morgan fingerprint density at radius 1 is 1.30 bits per heavy atom. The molecular formula is C14H14N2O4. The third kappa shape index (κ3) is 2.92. The molecule has 1 N–H and O–H groups in total. The van der Waals surface area contributed by atoms with E-state index in [-0.39, 0.29) is 12.3 Å². The number of rotatable bonds is 4. The normalized spacial score (nSPS) is 10.3. The summed E-state index contributed by atoms with van der Waals surface area (Å²) in [4.78, 5) is 14.4. The van der Waals surface area contributed by atoms with Crippen molar-refractivity contribution in [3.8, 4) is 11.6 Å². The summed E-state index contributed by atoms with van der Waals surface area (Å²) in [6.45, 7) is 3.51. The van der Waals surface area contributed by atoms with Crippen molar-refractivity contribution in [1.29, 1.82) is 0 Å². The van der Waals surface area contributed by atoms with Gasteiger partial charge in [0.2, 0.25) is 5.88 Å². The van der Waals surface area contributed by atoms with Crippen molar-refractivity contribution in [3.63, 3.8) is 0 Å². The Labute approximate surface area is 115 Å². The highest BCUT2D eigenvalue weighted by molar-refractivity contribution is 5.45. The minimum absolute atomic E-state index is 0.0322. The number of hydrogen-bond acceptors (Lipinski definition) is 5. The highest BCUT2D eigenvalue weighted by Gasteiger charge is 2.12. The van der Waals surface area contributed by atoms with Gasteiger partial charge in [-0.25, -0.2) is 4.98 Å². The van der Waals surface area contributed by atoms with Crippen LogP contribution in [0.4, 0.5) is 5.69 Å². The highest BCUT2D eigenvalue weighted by Crippen LogP contribution is 2.29. The number of hydrogen-bond donors (Lipinski definition) is 1. The molecule has 0 radical (unpaired) electrons. The van der Waals surface area contributed by atoms with Gasteiger partial charge in [0.05, 0.1) is 17.6 Å². The maximum atomic E-state index is 10.8. The number of ether oxygens (including phenoxy) is 1. The Morgan fingerprint density at radius 2 is 2.05 bits per heavy atom. The average Bonchev–Trinajstić information content (AvgIpc) is 2.42. The van der Waals surface area contributed by atoms with Gasteiger partial charge >= 0.3 is 0 Å². The van der Waals surface area contributed by atoms with Gasteiger partial charge in [0.1, 0.15) is 5.75 Å². The molecular weight excluding hydrogens is 260 g/mol. The van der Waals surface area contributed by atoms with Crippen LogP contribution in [0.3, 0.4) is 0 Å². The molecule has 0 bridgehead atoms. The second-order valence-electron chi connectivity index (χ2n) is 4.43. The first kappa shape index (κ1) is 14.0. The third-order valence-electron chi connectivity index (χ3n) is 2.86. The maximum absolute atomic E-state index is 10.8. The van der Waals surface area contributed by atoms with Crippen molar-refractivity contribution in [2.45, 2.75) is 20.5 Å². The van der Waals surface area contributed by atoms with E-state index >= 15 is 0 Å². The molecule has 0 fully saturated rings. The second-order valence-corrected chi connectivity index (χ2v) is 4.43. The lowest BCUT2D eigenvalue weighted by Gasteiger charge is -2.10. The molecule has 104 valence electrons. The monoisotopic (exact) mass is 274 g/mol. The SMILES string of the molecule is Cc1ccc([N+](=O)[O-])cc1Oc1ncc(CO)cc1C. The molecule has 1 heterocycles. The number of nitro groups is 1. The van der Waals surface area contributed by atoms with E-state index in [1.165, 1.54) is 18.3 Å². The fourth-order valence-electron chi connectivity index (χ4n) is 1.73. The number of nitrogens with zero attached hydrogens (tertiary/aromatic N) is 2. The van der Waals surface area contributed by atoms with Gasteiger partial charge in [-0.3, -0.25) is 10.1 Å². The number of aliphatic hydroxyl groups is 1. The fourth-order valence-corrected chi connectivity index (χ4v) is 1.73. The molecule has 1 aromatic heterocycles. The summed E-state index contributed by atoms with van der Waals surface area (Å²) in [5.41, 5.74) is 2.19. The molecule has 2 rings (SSSR count). The van der Waals surface area contributed by atoms with Crippen LogP contribution in [0.15, 0.2) is 30.5 Å². The van der Waals surface area contributed by atoms with E-state index in [0.717, 1.165) is 11.1 Å². The van der Waals surface area contributed by atoms with Crippen LogP contribution >= 0.6 is 0 Å². The minimum atomic E-state index is -0.471. The van der Waals surface area contributed by atoms with E-state index in [9.17, 15) is 10.1 Å². The van der Waals surface area contributed by atoms with Gasteiger partial charge in [0.25, 0.3) is 5.69 Å². The maximum Gasteiger partial charge on any atom is 0.273 e. The number of aromatic nitrogens is 1. The largest absolute Gasteiger partial charge is 0.438 e. The number of pyridine rings is 1. The van der Waals surface area contributed by atoms with Crippen LogP contribution in [0.2, 0.25) is 0 Å². The highest BCUT2D eigenvalue weighted by atomic mass is 16.6. The van der Waals surface area contributed by atoms with E-state index in [2.05, 4.69) is 4.98 Å². The van der Waals surface area contributed by atoms with Crippen LogP contribution in [0.5, 0.6) is 11.6 Å². The van der Waals surface area contributed by atoms with Gasteiger partial charge in [-0.1, -0.05) is 0 Å². The molecule has 0 aliphatic rings. The van der Waals surface area contributed by atoms with Gasteiger partial charge in [0, 0.05) is 17.8 Å². The van der Waals surface area contributed by atoms with Gasteiger partial charge in [-0.2, -0.15) is 0 Å². The summed E-state index contributed by atoms with van der Waals surface area (Å²) in [7, 11) is 0. The Kier molecular flexibility index (Phi) is 3.95. The van der Waals surface area contributed by atoms with Crippen LogP contribution in [0, 0.1) is 24.0 Å². The standard InChI is InChI=1S/C14H14N2O4/c1-9-3-4-12(16(18)19)6-13(9)20-14-10(2)5-11(8-17)7-15-14/h3-7,17H,8H2,1-2H3. The zero-order chi connectivity index (χ0) is 14.7. The lowest BCUT2D eigenvalue weighted by molar-refractivity contribution is -0.384. The first-order chi connectivity index (χ1) is 9.51. The zero-order valence-electron chi connectivity index (χ0n) is 11.2. The summed E-state index contributed by atoms with van der Waals surface area (Å²) in [5.74, 6) is 0.761. The van der Waals surface area contributed by atoms with Crippen molar-refractivity contribution >= 4 is 5.69 Å². The van der Waals surface area contributed by atoms with Crippen molar-refractivity contribution in [2.24, 2.45) is 0 Å². The first-order valence-corrected chi connectivity index (χ1v) is 6.00. The van der Waals surface area contributed by atoms with E-state index in [4.69, 9.17) is 9.84 Å². The minimum Gasteiger partial charge on any atom is -0.438 e. The molecule has 0 saturated carbocycles. The van der Waals surface area contributed by atoms with Crippen LogP contribution in [0.1, 0.15) is 16.7 Å². The summed E-state index contributed by atoms with van der Waals surface area (Å²) in [6.07, 6.45) is 1.51.